The zero-order valence-corrected chi connectivity index (χ0v) is 10.6. The first-order valence-electron chi connectivity index (χ1n) is 5.90. The van der Waals surface area contributed by atoms with E-state index in [-0.39, 0.29) is 0 Å². The number of rotatable bonds is 4. The first-order valence-corrected chi connectivity index (χ1v) is 5.90. The van der Waals surface area contributed by atoms with Crippen LogP contribution < -0.4 is 16.2 Å². The largest absolute Gasteiger partial charge is 0.337 e. The molecule has 98 valence electrons. The average Bonchev–Trinajstić information content (AvgIpc) is 2.37. The molecule has 3 N–H and O–H groups in total. The molecular formula is C12H18N4O2. The molecule has 0 aliphatic heterocycles. The predicted molar refractivity (Wildman–Crippen MR) is 67.9 cm³/mol. The fourth-order valence-electron chi connectivity index (χ4n) is 1.21. The Morgan fingerprint density at radius 3 is 2.67 bits per heavy atom. The van der Waals surface area contributed by atoms with Crippen molar-refractivity contribution in [1.29, 1.82) is 0 Å². The van der Waals surface area contributed by atoms with Crippen molar-refractivity contribution in [2.45, 2.75) is 26.7 Å². The highest BCUT2D eigenvalue weighted by Gasteiger charge is 2.06. The summed E-state index contributed by atoms with van der Waals surface area (Å²) in [7, 11) is 0. The van der Waals surface area contributed by atoms with Crippen molar-refractivity contribution in [2.24, 2.45) is 0 Å². The van der Waals surface area contributed by atoms with Crippen LogP contribution in [0, 0.1) is 6.92 Å². The number of hydrazine groups is 1. The highest BCUT2D eigenvalue weighted by molar-refractivity contribution is 5.94. The van der Waals surface area contributed by atoms with E-state index in [1.54, 1.807) is 12.1 Å². The zero-order chi connectivity index (χ0) is 13.4. The van der Waals surface area contributed by atoms with Gasteiger partial charge in [0.1, 0.15) is 0 Å². The van der Waals surface area contributed by atoms with Crippen LogP contribution in [0.2, 0.25) is 0 Å². The lowest BCUT2D eigenvalue weighted by Gasteiger charge is -2.08. The van der Waals surface area contributed by atoms with Gasteiger partial charge in [-0.25, -0.2) is 10.2 Å². The van der Waals surface area contributed by atoms with Crippen LogP contribution in [0.1, 0.15) is 35.8 Å². The molecule has 3 amide bonds. The minimum Gasteiger partial charge on any atom is -0.337 e. The summed E-state index contributed by atoms with van der Waals surface area (Å²) in [6.45, 7) is 4.46. The van der Waals surface area contributed by atoms with Gasteiger partial charge in [-0.05, 0) is 25.5 Å². The normalized spacial score (nSPS) is 9.67. The molecule has 0 unspecified atom stereocenters. The summed E-state index contributed by atoms with van der Waals surface area (Å²) in [5.41, 5.74) is 5.81. The van der Waals surface area contributed by atoms with Gasteiger partial charge in [0.05, 0.1) is 5.56 Å². The molecule has 18 heavy (non-hydrogen) atoms. The molecule has 0 fully saturated rings. The molecule has 0 aliphatic rings. The minimum absolute atomic E-state index is 0.395. The molecular weight excluding hydrogens is 232 g/mol. The SMILES string of the molecule is CCCCNC(=O)NNC(=O)c1ccc(C)nc1. The van der Waals surface area contributed by atoms with E-state index in [0.29, 0.717) is 12.1 Å². The van der Waals surface area contributed by atoms with Crippen LogP contribution in [0.3, 0.4) is 0 Å². The number of hydrogen-bond donors (Lipinski definition) is 3. The van der Waals surface area contributed by atoms with Gasteiger partial charge in [0.15, 0.2) is 0 Å². The number of carbonyl (C=O) groups excluding carboxylic acids is 2. The second-order valence-electron chi connectivity index (χ2n) is 3.88. The van der Waals surface area contributed by atoms with Gasteiger partial charge in [-0.15, -0.1) is 0 Å². The third kappa shape index (κ3) is 4.82. The summed E-state index contributed by atoms with van der Waals surface area (Å²) in [5.74, 6) is -0.395. The van der Waals surface area contributed by atoms with Crippen molar-refractivity contribution < 1.29 is 9.59 Å². The Balaban J connectivity index is 2.32. The number of amides is 3. The number of nitrogens with one attached hydrogen (secondary N) is 3. The summed E-state index contributed by atoms with van der Waals surface area (Å²) in [6, 6.07) is 2.96. The summed E-state index contributed by atoms with van der Waals surface area (Å²) < 4.78 is 0. The molecule has 1 aromatic rings. The zero-order valence-electron chi connectivity index (χ0n) is 10.6. The number of nitrogens with zero attached hydrogens (tertiary/aromatic N) is 1. The van der Waals surface area contributed by atoms with Gasteiger partial charge < -0.3 is 5.32 Å². The quantitative estimate of drug-likeness (QED) is 0.553. The molecule has 6 heteroatoms. The smallest absolute Gasteiger partial charge is 0.333 e. The topological polar surface area (TPSA) is 83.1 Å². The molecule has 0 radical (unpaired) electrons. The molecule has 0 spiro atoms. The van der Waals surface area contributed by atoms with E-state index in [9.17, 15) is 9.59 Å². The lowest BCUT2D eigenvalue weighted by Crippen LogP contribution is -2.47. The van der Waals surface area contributed by atoms with E-state index < -0.39 is 11.9 Å². The second kappa shape index (κ2) is 7.26. The van der Waals surface area contributed by atoms with Gasteiger partial charge in [0, 0.05) is 18.4 Å². The van der Waals surface area contributed by atoms with E-state index in [2.05, 4.69) is 21.2 Å². The third-order valence-corrected chi connectivity index (χ3v) is 2.28. The first kappa shape index (κ1) is 14.0. The number of aryl methyl sites for hydroxylation is 1. The van der Waals surface area contributed by atoms with E-state index >= 15 is 0 Å². The van der Waals surface area contributed by atoms with Gasteiger partial charge in [0.2, 0.25) is 0 Å². The van der Waals surface area contributed by atoms with Crippen LogP contribution in [0.25, 0.3) is 0 Å². The van der Waals surface area contributed by atoms with Crippen LogP contribution in [0.4, 0.5) is 4.79 Å². The number of unbranched alkanes of at least 4 members (excludes halogenated alkanes) is 1. The van der Waals surface area contributed by atoms with Gasteiger partial charge in [-0.2, -0.15) is 0 Å². The van der Waals surface area contributed by atoms with Gasteiger partial charge >= 0.3 is 6.03 Å². The number of hydrogen-bond acceptors (Lipinski definition) is 3. The van der Waals surface area contributed by atoms with Crippen LogP contribution in [-0.4, -0.2) is 23.5 Å². The van der Waals surface area contributed by atoms with E-state index in [1.807, 2.05) is 13.8 Å². The molecule has 0 bridgehead atoms. The first-order chi connectivity index (χ1) is 8.63. The minimum atomic E-state index is -0.420. The molecule has 0 saturated heterocycles. The molecule has 1 heterocycles. The Bertz CT molecular complexity index is 403. The standard InChI is InChI=1S/C12H18N4O2/c1-3-4-7-13-12(18)16-15-11(17)10-6-5-9(2)14-8-10/h5-6,8H,3-4,7H2,1-2H3,(H,15,17)(H2,13,16,18). The summed E-state index contributed by atoms with van der Waals surface area (Å²) in [4.78, 5) is 26.9. The summed E-state index contributed by atoms with van der Waals surface area (Å²) in [6.07, 6.45) is 3.37. The molecule has 0 saturated carbocycles. The maximum Gasteiger partial charge on any atom is 0.333 e. The molecule has 6 nitrogen and oxygen atoms in total. The summed E-state index contributed by atoms with van der Waals surface area (Å²) >= 11 is 0. The third-order valence-electron chi connectivity index (χ3n) is 2.28. The maximum absolute atomic E-state index is 11.6. The highest BCUT2D eigenvalue weighted by atomic mass is 16.2. The Labute approximate surface area is 106 Å². The predicted octanol–water partition coefficient (Wildman–Crippen LogP) is 1.13. The molecule has 0 aliphatic carbocycles. The Hall–Kier alpha value is -2.11. The second-order valence-corrected chi connectivity index (χ2v) is 3.88. The Kier molecular flexibility index (Phi) is 5.63. The van der Waals surface area contributed by atoms with Crippen molar-refractivity contribution in [3.05, 3.63) is 29.6 Å². The van der Waals surface area contributed by atoms with Crippen molar-refractivity contribution in [1.82, 2.24) is 21.2 Å². The van der Waals surface area contributed by atoms with Crippen LogP contribution >= 0.6 is 0 Å². The maximum atomic E-state index is 11.6. The van der Waals surface area contributed by atoms with Gasteiger partial charge in [-0.1, -0.05) is 13.3 Å². The van der Waals surface area contributed by atoms with Crippen molar-refractivity contribution in [2.75, 3.05) is 6.54 Å². The fraction of sp³-hybridized carbons (Fsp3) is 0.417. The number of aromatic nitrogens is 1. The molecule has 1 rings (SSSR count). The fourth-order valence-corrected chi connectivity index (χ4v) is 1.21. The summed E-state index contributed by atoms with van der Waals surface area (Å²) in [5, 5.41) is 2.62. The van der Waals surface area contributed by atoms with Gasteiger partial charge in [-0.3, -0.25) is 15.2 Å². The monoisotopic (exact) mass is 250 g/mol. The van der Waals surface area contributed by atoms with Crippen LogP contribution in [0.5, 0.6) is 0 Å². The van der Waals surface area contributed by atoms with Crippen molar-refractivity contribution in [3.63, 3.8) is 0 Å². The van der Waals surface area contributed by atoms with E-state index in [4.69, 9.17) is 0 Å². The van der Waals surface area contributed by atoms with Crippen LogP contribution in [0.15, 0.2) is 18.3 Å². The lowest BCUT2D eigenvalue weighted by molar-refractivity contribution is 0.0936. The average molecular weight is 250 g/mol. The van der Waals surface area contributed by atoms with Gasteiger partial charge in [0.25, 0.3) is 5.91 Å². The lowest BCUT2D eigenvalue weighted by atomic mass is 10.2. The number of urea groups is 1. The van der Waals surface area contributed by atoms with Crippen molar-refractivity contribution >= 4 is 11.9 Å². The highest BCUT2D eigenvalue weighted by Crippen LogP contribution is 1.98. The Morgan fingerprint density at radius 1 is 1.28 bits per heavy atom. The van der Waals surface area contributed by atoms with Crippen molar-refractivity contribution in [3.8, 4) is 0 Å². The molecule has 0 aromatic carbocycles. The van der Waals surface area contributed by atoms with E-state index in [1.165, 1.54) is 6.20 Å². The number of carbonyl (C=O) groups is 2. The Morgan fingerprint density at radius 2 is 2.06 bits per heavy atom. The molecule has 1 aromatic heterocycles. The van der Waals surface area contributed by atoms with E-state index in [0.717, 1.165) is 18.5 Å². The molecule has 0 atom stereocenters. The van der Waals surface area contributed by atoms with Crippen LogP contribution in [-0.2, 0) is 0 Å². The number of pyridine rings is 1.